The summed E-state index contributed by atoms with van der Waals surface area (Å²) in [7, 11) is 0. The van der Waals surface area contributed by atoms with Crippen molar-refractivity contribution in [3.63, 3.8) is 0 Å². The fourth-order valence-electron chi connectivity index (χ4n) is 1.40. The number of carbonyl (C=O) groups is 2. The lowest BCUT2D eigenvalue weighted by Crippen LogP contribution is -2.50. The SMILES string of the molecule is CC(C)CNC(=O)CN1CCNC(=O)C1. The third-order valence-corrected chi connectivity index (χ3v) is 2.19. The van der Waals surface area contributed by atoms with E-state index in [1.807, 2.05) is 4.90 Å². The predicted octanol–water partition coefficient (Wildman–Crippen LogP) is -0.810. The molecule has 2 N–H and O–H groups in total. The van der Waals surface area contributed by atoms with Gasteiger partial charge < -0.3 is 10.6 Å². The summed E-state index contributed by atoms with van der Waals surface area (Å²) in [4.78, 5) is 24.3. The van der Waals surface area contributed by atoms with Gasteiger partial charge in [-0.05, 0) is 5.92 Å². The van der Waals surface area contributed by atoms with Crippen LogP contribution in [0.4, 0.5) is 0 Å². The predicted molar refractivity (Wildman–Crippen MR) is 57.3 cm³/mol. The number of hydrogen-bond donors (Lipinski definition) is 2. The van der Waals surface area contributed by atoms with E-state index in [4.69, 9.17) is 0 Å². The molecule has 0 saturated carbocycles. The first-order valence-corrected chi connectivity index (χ1v) is 5.33. The van der Waals surface area contributed by atoms with Gasteiger partial charge in [0.25, 0.3) is 0 Å². The highest BCUT2D eigenvalue weighted by Crippen LogP contribution is 1.93. The Labute approximate surface area is 90.2 Å². The summed E-state index contributed by atoms with van der Waals surface area (Å²) in [5, 5.41) is 5.56. The van der Waals surface area contributed by atoms with E-state index < -0.39 is 0 Å². The minimum Gasteiger partial charge on any atom is -0.355 e. The average Bonchev–Trinajstić information content (AvgIpc) is 2.15. The summed E-state index contributed by atoms with van der Waals surface area (Å²) in [5.41, 5.74) is 0. The molecular weight excluding hydrogens is 194 g/mol. The lowest BCUT2D eigenvalue weighted by molar-refractivity contribution is -0.127. The number of nitrogens with one attached hydrogen (secondary N) is 2. The van der Waals surface area contributed by atoms with Crippen LogP contribution in [0.1, 0.15) is 13.8 Å². The Kier molecular flexibility index (Phi) is 4.55. The van der Waals surface area contributed by atoms with Crippen molar-refractivity contribution in [2.75, 3.05) is 32.7 Å². The first kappa shape index (κ1) is 12.0. The van der Waals surface area contributed by atoms with Crippen molar-refractivity contribution < 1.29 is 9.59 Å². The highest BCUT2D eigenvalue weighted by atomic mass is 16.2. The Hall–Kier alpha value is -1.10. The zero-order valence-electron chi connectivity index (χ0n) is 9.38. The molecule has 1 saturated heterocycles. The highest BCUT2D eigenvalue weighted by molar-refractivity contribution is 5.81. The molecule has 0 spiro atoms. The molecule has 1 aliphatic heterocycles. The summed E-state index contributed by atoms with van der Waals surface area (Å²) >= 11 is 0. The summed E-state index contributed by atoms with van der Waals surface area (Å²) < 4.78 is 0. The monoisotopic (exact) mass is 213 g/mol. The van der Waals surface area contributed by atoms with Crippen molar-refractivity contribution in [3.8, 4) is 0 Å². The van der Waals surface area contributed by atoms with E-state index in [0.717, 1.165) is 6.54 Å². The molecule has 0 aromatic carbocycles. The second kappa shape index (κ2) is 5.70. The molecule has 1 heterocycles. The maximum atomic E-state index is 11.4. The second-order valence-corrected chi connectivity index (χ2v) is 4.26. The van der Waals surface area contributed by atoms with E-state index in [2.05, 4.69) is 24.5 Å². The van der Waals surface area contributed by atoms with Crippen LogP contribution >= 0.6 is 0 Å². The fourth-order valence-corrected chi connectivity index (χ4v) is 1.40. The molecule has 2 amide bonds. The largest absolute Gasteiger partial charge is 0.355 e. The Morgan fingerprint density at radius 2 is 2.33 bits per heavy atom. The molecule has 5 nitrogen and oxygen atoms in total. The lowest BCUT2D eigenvalue weighted by Gasteiger charge is -2.25. The van der Waals surface area contributed by atoms with Gasteiger partial charge in [0.05, 0.1) is 13.1 Å². The van der Waals surface area contributed by atoms with Gasteiger partial charge in [-0.25, -0.2) is 0 Å². The van der Waals surface area contributed by atoms with E-state index in [-0.39, 0.29) is 11.8 Å². The molecule has 0 aromatic heterocycles. The Morgan fingerprint density at radius 3 is 2.93 bits per heavy atom. The molecule has 15 heavy (non-hydrogen) atoms. The molecule has 86 valence electrons. The van der Waals surface area contributed by atoms with Gasteiger partial charge >= 0.3 is 0 Å². The zero-order chi connectivity index (χ0) is 11.3. The van der Waals surface area contributed by atoms with Gasteiger partial charge in [0.15, 0.2) is 0 Å². The summed E-state index contributed by atoms with van der Waals surface area (Å²) in [6.07, 6.45) is 0. The molecule has 1 rings (SSSR count). The van der Waals surface area contributed by atoms with Crippen LogP contribution in [0.25, 0.3) is 0 Å². The minimum absolute atomic E-state index is 0.00148. The summed E-state index contributed by atoms with van der Waals surface area (Å²) in [5.74, 6) is 0.454. The normalized spacial score (nSPS) is 17.7. The quantitative estimate of drug-likeness (QED) is 0.642. The zero-order valence-corrected chi connectivity index (χ0v) is 9.38. The van der Waals surface area contributed by atoms with E-state index in [1.54, 1.807) is 0 Å². The van der Waals surface area contributed by atoms with E-state index >= 15 is 0 Å². The Morgan fingerprint density at radius 1 is 1.60 bits per heavy atom. The van der Waals surface area contributed by atoms with Gasteiger partial charge in [0, 0.05) is 19.6 Å². The summed E-state index contributed by atoms with van der Waals surface area (Å²) in [6, 6.07) is 0. The molecule has 1 fully saturated rings. The third kappa shape index (κ3) is 4.78. The first-order chi connectivity index (χ1) is 7.08. The van der Waals surface area contributed by atoms with Crippen LogP contribution in [0.2, 0.25) is 0 Å². The molecule has 0 atom stereocenters. The standard InChI is InChI=1S/C10H19N3O2/c1-8(2)5-12-10(15)7-13-4-3-11-9(14)6-13/h8H,3-7H2,1-2H3,(H,11,14)(H,12,15). The number of piperazine rings is 1. The van der Waals surface area contributed by atoms with Crippen LogP contribution in [0.3, 0.4) is 0 Å². The number of rotatable bonds is 4. The van der Waals surface area contributed by atoms with Gasteiger partial charge in [0.2, 0.25) is 11.8 Å². The van der Waals surface area contributed by atoms with Crippen molar-refractivity contribution in [1.29, 1.82) is 0 Å². The Balaban J connectivity index is 2.22. The number of carbonyl (C=O) groups excluding carboxylic acids is 2. The van der Waals surface area contributed by atoms with Crippen molar-refractivity contribution in [2.24, 2.45) is 5.92 Å². The van der Waals surface area contributed by atoms with Crippen molar-refractivity contribution in [1.82, 2.24) is 15.5 Å². The van der Waals surface area contributed by atoms with Crippen LogP contribution in [-0.2, 0) is 9.59 Å². The van der Waals surface area contributed by atoms with Crippen LogP contribution in [0, 0.1) is 5.92 Å². The smallest absolute Gasteiger partial charge is 0.234 e. The van der Waals surface area contributed by atoms with Crippen molar-refractivity contribution in [3.05, 3.63) is 0 Å². The number of nitrogens with zero attached hydrogens (tertiary/aromatic N) is 1. The molecule has 1 aliphatic rings. The Bertz CT molecular complexity index is 241. The molecule has 0 aromatic rings. The van der Waals surface area contributed by atoms with Crippen LogP contribution in [0.5, 0.6) is 0 Å². The highest BCUT2D eigenvalue weighted by Gasteiger charge is 2.18. The molecule has 5 heteroatoms. The third-order valence-electron chi connectivity index (χ3n) is 2.19. The minimum atomic E-state index is -0.00194. The van der Waals surface area contributed by atoms with Gasteiger partial charge in [0.1, 0.15) is 0 Å². The molecule has 0 radical (unpaired) electrons. The van der Waals surface area contributed by atoms with Gasteiger partial charge in [-0.2, -0.15) is 0 Å². The molecular formula is C10H19N3O2. The van der Waals surface area contributed by atoms with Crippen molar-refractivity contribution in [2.45, 2.75) is 13.8 Å². The number of hydrogen-bond acceptors (Lipinski definition) is 3. The van der Waals surface area contributed by atoms with E-state index in [9.17, 15) is 9.59 Å². The van der Waals surface area contributed by atoms with E-state index in [0.29, 0.717) is 32.1 Å². The maximum Gasteiger partial charge on any atom is 0.234 e. The lowest BCUT2D eigenvalue weighted by atomic mass is 10.2. The van der Waals surface area contributed by atoms with Crippen LogP contribution in [-0.4, -0.2) is 49.4 Å². The fraction of sp³-hybridized carbons (Fsp3) is 0.800. The molecule has 0 unspecified atom stereocenters. The maximum absolute atomic E-state index is 11.4. The molecule has 0 aliphatic carbocycles. The first-order valence-electron chi connectivity index (χ1n) is 5.33. The summed E-state index contributed by atoms with van der Waals surface area (Å²) in [6.45, 7) is 6.83. The van der Waals surface area contributed by atoms with Gasteiger partial charge in [-0.3, -0.25) is 14.5 Å². The van der Waals surface area contributed by atoms with E-state index in [1.165, 1.54) is 0 Å². The van der Waals surface area contributed by atoms with Crippen LogP contribution in [0.15, 0.2) is 0 Å². The second-order valence-electron chi connectivity index (χ2n) is 4.26. The topological polar surface area (TPSA) is 61.4 Å². The van der Waals surface area contributed by atoms with Gasteiger partial charge in [-0.1, -0.05) is 13.8 Å². The van der Waals surface area contributed by atoms with Crippen molar-refractivity contribution >= 4 is 11.8 Å². The average molecular weight is 213 g/mol. The number of amides is 2. The molecule has 0 bridgehead atoms. The van der Waals surface area contributed by atoms with Gasteiger partial charge in [-0.15, -0.1) is 0 Å². The van der Waals surface area contributed by atoms with Crippen LogP contribution < -0.4 is 10.6 Å².